The van der Waals surface area contributed by atoms with E-state index in [1.54, 1.807) is 0 Å². The number of aromatic nitrogens is 1. The normalized spacial score (nSPS) is 14.1. The Morgan fingerprint density at radius 1 is 1.56 bits per heavy atom. The second-order valence-corrected chi connectivity index (χ2v) is 3.66. The first-order chi connectivity index (χ1) is 8.63. The van der Waals surface area contributed by atoms with Crippen LogP contribution >= 0.6 is 0 Å². The third-order valence-electron chi connectivity index (χ3n) is 2.46. The number of hydrogen-bond donors (Lipinski definition) is 1. The molecule has 18 heavy (non-hydrogen) atoms. The van der Waals surface area contributed by atoms with E-state index in [2.05, 4.69) is 4.98 Å². The summed E-state index contributed by atoms with van der Waals surface area (Å²) < 4.78 is 5.14. The van der Waals surface area contributed by atoms with E-state index in [0.29, 0.717) is 12.2 Å². The zero-order valence-electron chi connectivity index (χ0n) is 9.40. The zero-order valence-corrected chi connectivity index (χ0v) is 9.40. The number of rotatable bonds is 4. The Morgan fingerprint density at radius 2 is 2.33 bits per heavy atom. The average Bonchev–Trinajstić information content (AvgIpc) is 2.37. The van der Waals surface area contributed by atoms with Gasteiger partial charge in [-0.15, -0.1) is 0 Å². The molecule has 1 aromatic rings. The molecule has 0 fully saturated rings. The van der Waals surface area contributed by atoms with Gasteiger partial charge in [-0.1, -0.05) is 0 Å². The van der Waals surface area contributed by atoms with Crippen molar-refractivity contribution in [3.8, 4) is 5.75 Å². The van der Waals surface area contributed by atoms with Gasteiger partial charge in [0.15, 0.2) is 12.4 Å². The van der Waals surface area contributed by atoms with Crippen LogP contribution in [0.15, 0.2) is 12.1 Å². The highest BCUT2D eigenvalue weighted by Gasteiger charge is 2.31. The van der Waals surface area contributed by atoms with E-state index in [1.165, 1.54) is 17.0 Å². The van der Waals surface area contributed by atoms with E-state index >= 15 is 0 Å². The van der Waals surface area contributed by atoms with Gasteiger partial charge in [0.25, 0.3) is 11.7 Å². The summed E-state index contributed by atoms with van der Waals surface area (Å²) in [5.74, 6) is -0.211. The molecular weight excluding hydrogens is 242 g/mol. The van der Waals surface area contributed by atoms with E-state index < -0.39 is 4.92 Å². The largest absolute Gasteiger partial charge is 0.477 e. The Hall–Kier alpha value is -2.22. The van der Waals surface area contributed by atoms with Gasteiger partial charge in [-0.25, -0.2) is 0 Å². The number of hydrogen-bond acceptors (Lipinski definition) is 6. The quantitative estimate of drug-likeness (QED) is 0.602. The van der Waals surface area contributed by atoms with Crippen molar-refractivity contribution in [2.45, 2.75) is 6.42 Å². The molecule has 0 aliphatic carbocycles. The molecule has 0 spiro atoms. The molecule has 0 saturated carbocycles. The lowest BCUT2D eigenvalue weighted by atomic mass is 10.3. The molecule has 8 nitrogen and oxygen atoms in total. The molecule has 1 N–H and O–H groups in total. The van der Waals surface area contributed by atoms with Crippen LogP contribution in [0.4, 0.5) is 11.6 Å². The molecule has 8 heteroatoms. The van der Waals surface area contributed by atoms with E-state index in [1.807, 2.05) is 0 Å². The first-order valence-corrected chi connectivity index (χ1v) is 5.33. The maximum absolute atomic E-state index is 11.7. The van der Waals surface area contributed by atoms with E-state index in [0.717, 1.165) is 0 Å². The van der Waals surface area contributed by atoms with Crippen LogP contribution in [0.1, 0.15) is 6.42 Å². The number of nitrogens with zero attached hydrogens (tertiary/aromatic N) is 3. The third-order valence-corrected chi connectivity index (χ3v) is 2.46. The van der Waals surface area contributed by atoms with E-state index in [-0.39, 0.29) is 37.3 Å². The standard InChI is InChI=1S/C10H11N3O5/c14-5-1-4-12-9(15)6-18-7-2-3-8(13(16)17)11-10(7)12/h2-3,14H,1,4-6H2. The molecule has 0 unspecified atom stereocenters. The van der Waals surface area contributed by atoms with Crippen LogP contribution < -0.4 is 9.64 Å². The smallest absolute Gasteiger partial charge is 0.366 e. The van der Waals surface area contributed by atoms with Crippen molar-refractivity contribution in [2.24, 2.45) is 0 Å². The predicted octanol–water partition coefficient (Wildman–Crippen LogP) is 0.0976. The van der Waals surface area contributed by atoms with Gasteiger partial charge in [-0.3, -0.25) is 9.69 Å². The van der Waals surface area contributed by atoms with Gasteiger partial charge in [0.05, 0.1) is 0 Å². The Kier molecular flexibility index (Phi) is 3.38. The molecule has 0 aromatic carbocycles. The Labute approximate surface area is 102 Å². The van der Waals surface area contributed by atoms with Gasteiger partial charge in [-0.2, -0.15) is 0 Å². The minimum absolute atomic E-state index is 0.0745. The number of pyridine rings is 1. The summed E-state index contributed by atoms with van der Waals surface area (Å²) >= 11 is 0. The van der Waals surface area contributed by atoms with Gasteiger partial charge >= 0.3 is 5.82 Å². The topological polar surface area (TPSA) is 106 Å². The average molecular weight is 253 g/mol. The van der Waals surface area contributed by atoms with Crippen molar-refractivity contribution in [3.05, 3.63) is 22.2 Å². The van der Waals surface area contributed by atoms with Gasteiger partial charge in [0.1, 0.15) is 0 Å². The Bertz CT molecular complexity index is 490. The summed E-state index contributed by atoms with van der Waals surface area (Å²) in [6.07, 6.45) is 0.371. The first kappa shape index (κ1) is 12.2. The number of nitro groups is 1. The fourth-order valence-electron chi connectivity index (χ4n) is 1.63. The minimum Gasteiger partial charge on any atom is -0.477 e. The van der Waals surface area contributed by atoms with Crippen molar-refractivity contribution >= 4 is 17.5 Å². The van der Waals surface area contributed by atoms with Crippen molar-refractivity contribution < 1.29 is 19.6 Å². The summed E-state index contributed by atoms with van der Waals surface area (Å²) in [6.45, 7) is 0.0483. The summed E-state index contributed by atoms with van der Waals surface area (Å²) in [6, 6.07) is 2.64. The van der Waals surface area contributed by atoms with Crippen LogP contribution in [0.3, 0.4) is 0 Å². The second-order valence-electron chi connectivity index (χ2n) is 3.66. The highest BCUT2D eigenvalue weighted by Crippen LogP contribution is 2.31. The highest BCUT2D eigenvalue weighted by atomic mass is 16.6. The third kappa shape index (κ3) is 2.23. The molecule has 0 bridgehead atoms. The van der Waals surface area contributed by atoms with Crippen LogP contribution in [-0.2, 0) is 4.79 Å². The fraction of sp³-hybridized carbons (Fsp3) is 0.400. The molecule has 1 aliphatic rings. The number of aliphatic hydroxyl groups is 1. The summed E-state index contributed by atoms with van der Waals surface area (Å²) in [4.78, 5) is 26.8. The first-order valence-electron chi connectivity index (χ1n) is 5.33. The summed E-state index contributed by atoms with van der Waals surface area (Å²) in [5, 5.41) is 19.4. The molecular formula is C10H11N3O5. The Morgan fingerprint density at radius 3 is 3.00 bits per heavy atom. The minimum atomic E-state index is -0.635. The van der Waals surface area contributed by atoms with Gasteiger partial charge in [0.2, 0.25) is 0 Å². The summed E-state index contributed by atoms with van der Waals surface area (Å²) in [7, 11) is 0. The highest BCUT2D eigenvalue weighted by molar-refractivity contribution is 5.96. The van der Waals surface area contributed by atoms with Gasteiger partial charge < -0.3 is 20.0 Å². The number of amides is 1. The molecule has 0 radical (unpaired) electrons. The summed E-state index contributed by atoms with van der Waals surface area (Å²) in [5.41, 5.74) is 0. The Balaban J connectivity index is 2.36. The number of anilines is 1. The molecule has 1 aromatic heterocycles. The maximum atomic E-state index is 11.7. The van der Waals surface area contributed by atoms with Gasteiger partial charge in [0, 0.05) is 19.2 Å². The number of ether oxygens (including phenoxy) is 1. The fourth-order valence-corrected chi connectivity index (χ4v) is 1.63. The molecule has 2 heterocycles. The van der Waals surface area contributed by atoms with Crippen molar-refractivity contribution in [1.82, 2.24) is 4.98 Å². The van der Waals surface area contributed by atoms with Crippen molar-refractivity contribution in [2.75, 3.05) is 24.7 Å². The maximum Gasteiger partial charge on any atom is 0.366 e. The van der Waals surface area contributed by atoms with Crippen LogP contribution in [0, 0.1) is 10.1 Å². The van der Waals surface area contributed by atoms with Crippen molar-refractivity contribution in [3.63, 3.8) is 0 Å². The number of fused-ring (bicyclic) bond motifs is 1. The predicted molar refractivity (Wildman–Crippen MR) is 60.4 cm³/mol. The number of aliphatic hydroxyl groups excluding tert-OH is 1. The van der Waals surface area contributed by atoms with E-state index in [4.69, 9.17) is 9.84 Å². The second kappa shape index (κ2) is 4.96. The van der Waals surface area contributed by atoms with Crippen LogP contribution in [0.2, 0.25) is 0 Å². The van der Waals surface area contributed by atoms with Crippen LogP contribution in [0.25, 0.3) is 0 Å². The lowest BCUT2D eigenvalue weighted by Crippen LogP contribution is -2.40. The van der Waals surface area contributed by atoms with Crippen LogP contribution in [0.5, 0.6) is 5.75 Å². The number of carbonyl (C=O) groups excluding carboxylic acids is 1. The lowest BCUT2D eigenvalue weighted by molar-refractivity contribution is -0.389. The number of carbonyl (C=O) groups is 1. The zero-order chi connectivity index (χ0) is 13.1. The monoisotopic (exact) mass is 253 g/mol. The molecule has 2 rings (SSSR count). The van der Waals surface area contributed by atoms with Crippen LogP contribution in [-0.4, -0.2) is 40.7 Å². The molecule has 0 atom stereocenters. The van der Waals surface area contributed by atoms with E-state index in [9.17, 15) is 14.9 Å². The molecule has 1 amide bonds. The van der Waals surface area contributed by atoms with Gasteiger partial charge in [-0.05, 0) is 22.4 Å². The molecule has 96 valence electrons. The van der Waals surface area contributed by atoms with Crippen molar-refractivity contribution in [1.29, 1.82) is 0 Å². The molecule has 0 saturated heterocycles. The lowest BCUT2D eigenvalue weighted by Gasteiger charge is -2.24. The molecule has 1 aliphatic heterocycles. The SMILES string of the molecule is O=C1COc2ccc([N+](=O)[O-])nc2N1CCCO.